The van der Waals surface area contributed by atoms with E-state index in [9.17, 15) is 10.1 Å². The van der Waals surface area contributed by atoms with Crippen LogP contribution in [0.3, 0.4) is 0 Å². The molecule has 1 spiro atoms. The predicted molar refractivity (Wildman–Crippen MR) is 93.7 cm³/mol. The molecule has 2 heterocycles. The minimum atomic E-state index is -0.498. The Morgan fingerprint density at radius 1 is 1.04 bits per heavy atom. The third-order valence-corrected chi connectivity index (χ3v) is 6.03. The second-order valence-corrected chi connectivity index (χ2v) is 7.62. The Labute approximate surface area is 146 Å². The lowest BCUT2D eigenvalue weighted by Crippen LogP contribution is -2.46. The van der Waals surface area contributed by atoms with Gasteiger partial charge in [0.25, 0.3) is 5.69 Å². The average Bonchev–Trinajstić information content (AvgIpc) is 2.53. The number of piperidine rings is 2. The van der Waals surface area contributed by atoms with E-state index in [2.05, 4.69) is 16.8 Å². The molecule has 0 aromatic heterocycles. The molecule has 0 radical (unpaired) electrons. The van der Waals surface area contributed by atoms with E-state index in [1.807, 2.05) is 0 Å². The number of benzene rings is 1. The standard InChI is InChI=1S/C16H21Cl2N3O2/c1-19-6-2-16(3-7-19)4-8-20(9-5-16)14-10-13(18)15(21(22)23)11-12(14)17/h10-11H,2-9H2,1H3. The Hall–Kier alpha value is -1.04. The molecular weight excluding hydrogens is 337 g/mol. The van der Waals surface area contributed by atoms with Crippen LogP contribution >= 0.6 is 23.2 Å². The number of nitrogens with zero attached hydrogens (tertiary/aromatic N) is 3. The van der Waals surface area contributed by atoms with Crippen LogP contribution in [0.1, 0.15) is 25.7 Å². The van der Waals surface area contributed by atoms with Gasteiger partial charge in [-0.05, 0) is 57.3 Å². The number of hydrogen-bond acceptors (Lipinski definition) is 4. The molecule has 3 rings (SSSR count). The molecule has 126 valence electrons. The predicted octanol–water partition coefficient (Wildman–Crippen LogP) is 4.21. The fourth-order valence-electron chi connectivity index (χ4n) is 3.72. The number of likely N-dealkylation sites (tertiary alicyclic amines) is 1. The molecule has 0 aliphatic carbocycles. The third kappa shape index (κ3) is 3.42. The van der Waals surface area contributed by atoms with Gasteiger partial charge in [0.1, 0.15) is 5.02 Å². The van der Waals surface area contributed by atoms with Gasteiger partial charge in [-0.15, -0.1) is 0 Å². The van der Waals surface area contributed by atoms with E-state index in [1.165, 1.54) is 32.0 Å². The van der Waals surface area contributed by atoms with Crippen molar-refractivity contribution >= 4 is 34.6 Å². The maximum Gasteiger partial charge on any atom is 0.289 e. The minimum absolute atomic E-state index is 0.135. The molecule has 23 heavy (non-hydrogen) atoms. The smallest absolute Gasteiger partial charge is 0.289 e. The summed E-state index contributed by atoms with van der Waals surface area (Å²) in [6.45, 7) is 4.20. The van der Waals surface area contributed by atoms with Crippen LogP contribution in [0, 0.1) is 15.5 Å². The molecule has 2 fully saturated rings. The zero-order valence-electron chi connectivity index (χ0n) is 13.2. The summed E-state index contributed by atoms with van der Waals surface area (Å²) >= 11 is 12.3. The van der Waals surface area contributed by atoms with Gasteiger partial charge >= 0.3 is 0 Å². The highest BCUT2D eigenvalue weighted by Gasteiger charge is 2.37. The Morgan fingerprint density at radius 2 is 1.61 bits per heavy atom. The third-order valence-electron chi connectivity index (χ3n) is 5.43. The van der Waals surface area contributed by atoms with Crippen LogP contribution in [-0.4, -0.2) is 43.0 Å². The summed E-state index contributed by atoms with van der Waals surface area (Å²) < 4.78 is 0. The zero-order chi connectivity index (χ0) is 16.6. The number of rotatable bonds is 2. The number of anilines is 1. The van der Waals surface area contributed by atoms with Crippen molar-refractivity contribution in [3.63, 3.8) is 0 Å². The van der Waals surface area contributed by atoms with Crippen molar-refractivity contribution in [2.45, 2.75) is 25.7 Å². The fourth-order valence-corrected chi connectivity index (χ4v) is 4.23. The zero-order valence-corrected chi connectivity index (χ0v) is 14.7. The van der Waals surface area contributed by atoms with Gasteiger partial charge in [-0.2, -0.15) is 0 Å². The fraction of sp³-hybridized carbons (Fsp3) is 0.625. The van der Waals surface area contributed by atoms with Gasteiger partial charge in [0.2, 0.25) is 0 Å². The van der Waals surface area contributed by atoms with Crippen LogP contribution in [0.15, 0.2) is 12.1 Å². The maximum absolute atomic E-state index is 10.9. The average molecular weight is 358 g/mol. The van der Waals surface area contributed by atoms with E-state index in [0.29, 0.717) is 10.4 Å². The lowest BCUT2D eigenvalue weighted by molar-refractivity contribution is -0.384. The summed E-state index contributed by atoms with van der Waals surface area (Å²) in [7, 11) is 2.18. The molecule has 2 saturated heterocycles. The van der Waals surface area contributed by atoms with Gasteiger partial charge in [-0.3, -0.25) is 10.1 Å². The number of halogens is 2. The van der Waals surface area contributed by atoms with Crippen molar-refractivity contribution in [1.82, 2.24) is 4.90 Å². The summed E-state index contributed by atoms with van der Waals surface area (Å²) in [5.41, 5.74) is 1.13. The molecule has 1 aromatic rings. The second kappa shape index (κ2) is 6.46. The molecule has 0 amide bonds. The molecule has 0 saturated carbocycles. The molecule has 5 nitrogen and oxygen atoms in total. The maximum atomic E-state index is 10.9. The van der Waals surface area contributed by atoms with Crippen molar-refractivity contribution in [2.24, 2.45) is 5.41 Å². The van der Waals surface area contributed by atoms with Crippen LogP contribution in [0.4, 0.5) is 11.4 Å². The molecule has 2 aliphatic rings. The van der Waals surface area contributed by atoms with Crippen LogP contribution in [0.2, 0.25) is 10.0 Å². The van der Waals surface area contributed by atoms with Crippen LogP contribution in [0.5, 0.6) is 0 Å². The summed E-state index contributed by atoms with van der Waals surface area (Å²) in [6, 6.07) is 2.99. The monoisotopic (exact) mass is 357 g/mol. The quantitative estimate of drug-likeness (QED) is 0.587. The van der Waals surface area contributed by atoms with E-state index in [0.717, 1.165) is 31.6 Å². The van der Waals surface area contributed by atoms with Gasteiger partial charge in [0.15, 0.2) is 0 Å². The highest BCUT2D eigenvalue weighted by Crippen LogP contribution is 2.44. The van der Waals surface area contributed by atoms with Crippen molar-refractivity contribution < 1.29 is 4.92 Å². The molecule has 0 atom stereocenters. The summed E-state index contributed by atoms with van der Waals surface area (Å²) in [5.74, 6) is 0. The molecule has 1 aromatic carbocycles. The van der Waals surface area contributed by atoms with E-state index in [-0.39, 0.29) is 10.7 Å². The van der Waals surface area contributed by atoms with Gasteiger partial charge in [0, 0.05) is 19.2 Å². The van der Waals surface area contributed by atoms with Gasteiger partial charge in [-0.1, -0.05) is 23.2 Å². The summed E-state index contributed by atoms with van der Waals surface area (Å²) in [4.78, 5) is 15.0. The summed E-state index contributed by atoms with van der Waals surface area (Å²) in [6.07, 6.45) is 4.80. The topological polar surface area (TPSA) is 49.6 Å². The van der Waals surface area contributed by atoms with Gasteiger partial charge in [-0.25, -0.2) is 0 Å². The van der Waals surface area contributed by atoms with E-state index < -0.39 is 4.92 Å². The SMILES string of the molecule is CN1CCC2(CC1)CCN(c1cc(Cl)c([N+](=O)[O-])cc1Cl)CC2. The Kier molecular flexibility index (Phi) is 4.72. The van der Waals surface area contributed by atoms with Crippen molar-refractivity contribution in [1.29, 1.82) is 0 Å². The number of nitro groups is 1. The first-order valence-corrected chi connectivity index (χ1v) is 8.73. The highest BCUT2D eigenvalue weighted by atomic mass is 35.5. The lowest BCUT2D eigenvalue weighted by Gasteiger charge is -2.47. The van der Waals surface area contributed by atoms with E-state index in [1.54, 1.807) is 6.07 Å². The Bertz CT molecular complexity index is 606. The van der Waals surface area contributed by atoms with Gasteiger partial charge < -0.3 is 9.80 Å². The Morgan fingerprint density at radius 3 is 2.17 bits per heavy atom. The second-order valence-electron chi connectivity index (χ2n) is 6.80. The lowest BCUT2D eigenvalue weighted by atomic mass is 9.71. The molecule has 2 aliphatic heterocycles. The largest absolute Gasteiger partial charge is 0.370 e. The van der Waals surface area contributed by atoms with Crippen LogP contribution < -0.4 is 4.90 Å². The molecule has 0 bridgehead atoms. The van der Waals surface area contributed by atoms with E-state index in [4.69, 9.17) is 23.2 Å². The van der Waals surface area contributed by atoms with E-state index >= 15 is 0 Å². The van der Waals surface area contributed by atoms with Gasteiger partial charge in [0.05, 0.1) is 15.6 Å². The highest BCUT2D eigenvalue weighted by molar-refractivity contribution is 6.36. The summed E-state index contributed by atoms with van der Waals surface area (Å²) in [5, 5.41) is 11.5. The number of nitro benzene ring substituents is 1. The minimum Gasteiger partial charge on any atom is -0.370 e. The van der Waals surface area contributed by atoms with Crippen LogP contribution in [-0.2, 0) is 0 Å². The molecular formula is C16H21Cl2N3O2. The first-order valence-electron chi connectivity index (χ1n) is 7.97. The van der Waals surface area contributed by atoms with Crippen LogP contribution in [0.25, 0.3) is 0 Å². The number of hydrogen-bond donors (Lipinski definition) is 0. The first-order chi connectivity index (χ1) is 10.9. The van der Waals surface area contributed by atoms with Crippen molar-refractivity contribution in [2.75, 3.05) is 38.1 Å². The van der Waals surface area contributed by atoms with Crippen molar-refractivity contribution in [3.05, 3.63) is 32.3 Å². The van der Waals surface area contributed by atoms with Crippen molar-refractivity contribution in [3.8, 4) is 0 Å². The molecule has 7 heteroatoms. The molecule has 0 N–H and O–H groups in total. The molecule has 0 unspecified atom stereocenters. The normalized spacial score (nSPS) is 21.6. The first kappa shape index (κ1) is 16.8. The Balaban J connectivity index is 1.73.